The fourth-order valence-electron chi connectivity index (χ4n) is 2.26. The molecule has 170 valence electrons. The molecular formula is C20H29BrF2N2O3S2. The summed E-state index contributed by atoms with van der Waals surface area (Å²) < 4.78 is 34.3. The molecular weight excluding hydrogens is 498 g/mol. The molecule has 1 aromatic rings. The third-order valence-corrected chi connectivity index (χ3v) is 5.41. The Hall–Kier alpha value is -1.13. The lowest BCUT2D eigenvalue weighted by Gasteiger charge is -2.30. The molecule has 0 saturated carbocycles. The molecule has 0 fully saturated rings. The van der Waals surface area contributed by atoms with E-state index in [0.717, 1.165) is 15.1 Å². The van der Waals surface area contributed by atoms with Crippen LogP contribution in [0.4, 0.5) is 13.1 Å². The molecule has 0 aromatic heterocycles. The van der Waals surface area contributed by atoms with Crippen LogP contribution in [0.1, 0.15) is 66.5 Å². The van der Waals surface area contributed by atoms with Crippen LogP contribution in [0, 0.1) is 5.82 Å². The van der Waals surface area contributed by atoms with E-state index in [2.05, 4.69) is 20.9 Å². The molecule has 1 aromatic carbocycles. The van der Waals surface area contributed by atoms with Crippen LogP contribution in [-0.4, -0.2) is 32.7 Å². The number of aldehydes is 1. The topological polar surface area (TPSA) is 59.0 Å². The van der Waals surface area contributed by atoms with E-state index in [0.29, 0.717) is 12.0 Å². The van der Waals surface area contributed by atoms with Gasteiger partial charge in [-0.2, -0.15) is 4.31 Å². The second-order valence-corrected chi connectivity index (χ2v) is 9.66. The Balaban J connectivity index is 0.00000154. The van der Waals surface area contributed by atoms with Gasteiger partial charge in [0.05, 0.1) is 6.04 Å². The van der Waals surface area contributed by atoms with Crippen LogP contribution in [0.5, 0.6) is 0 Å². The lowest BCUT2D eigenvalue weighted by atomic mass is 10.0. The smallest absolute Gasteiger partial charge is 0.428 e. The molecule has 2 rings (SSSR count). The van der Waals surface area contributed by atoms with Crippen molar-refractivity contribution in [3.05, 3.63) is 34.1 Å². The summed E-state index contributed by atoms with van der Waals surface area (Å²) in [4.78, 5) is 25.4. The van der Waals surface area contributed by atoms with Gasteiger partial charge in [-0.3, -0.25) is 4.99 Å². The van der Waals surface area contributed by atoms with Crippen LogP contribution in [0.25, 0.3) is 0 Å². The molecule has 10 heteroatoms. The Kier molecular flexibility index (Phi) is 13.5. The molecule has 1 heterocycles. The van der Waals surface area contributed by atoms with Gasteiger partial charge in [0.25, 0.3) is 0 Å². The van der Waals surface area contributed by atoms with E-state index in [1.54, 1.807) is 32.9 Å². The van der Waals surface area contributed by atoms with Crippen molar-refractivity contribution in [3.8, 4) is 0 Å². The number of carbonyl (C=O) groups is 2. The summed E-state index contributed by atoms with van der Waals surface area (Å²) in [6.45, 7) is 12.5. The number of rotatable bonds is 2. The second kappa shape index (κ2) is 14.0. The third-order valence-electron chi connectivity index (χ3n) is 3.25. The van der Waals surface area contributed by atoms with Crippen molar-refractivity contribution in [1.29, 1.82) is 0 Å². The number of carbonyl (C=O) groups excluding carboxylic acids is 2. The van der Waals surface area contributed by atoms with Crippen molar-refractivity contribution in [2.24, 2.45) is 4.99 Å². The van der Waals surface area contributed by atoms with Crippen molar-refractivity contribution in [1.82, 2.24) is 4.31 Å². The van der Waals surface area contributed by atoms with E-state index in [-0.39, 0.29) is 28.6 Å². The van der Waals surface area contributed by atoms with Gasteiger partial charge in [0, 0.05) is 15.3 Å². The molecule has 0 bridgehead atoms. The predicted molar refractivity (Wildman–Crippen MR) is 126 cm³/mol. The Labute approximate surface area is 195 Å². The lowest BCUT2D eigenvalue weighted by molar-refractivity contribution is -0.106. The molecule has 30 heavy (non-hydrogen) atoms. The van der Waals surface area contributed by atoms with Crippen LogP contribution in [0.15, 0.2) is 27.7 Å². The van der Waals surface area contributed by atoms with E-state index in [9.17, 15) is 13.1 Å². The monoisotopic (exact) mass is 526 g/mol. The molecule has 1 amide bonds. The van der Waals surface area contributed by atoms with Crippen LogP contribution in [0.2, 0.25) is 0 Å². The molecule has 1 aliphatic heterocycles. The maximum Gasteiger partial charge on any atom is 0.428 e. The lowest BCUT2D eigenvalue weighted by Crippen LogP contribution is -2.36. The molecule has 0 aliphatic carbocycles. The first kappa shape index (κ1) is 28.9. The first-order valence-electron chi connectivity index (χ1n) is 9.43. The molecule has 0 spiro atoms. The average molecular weight is 527 g/mol. The quantitative estimate of drug-likeness (QED) is 0.294. The van der Waals surface area contributed by atoms with Gasteiger partial charge >= 0.3 is 6.09 Å². The number of amidine groups is 1. The minimum atomic E-state index is -0.839. The number of nitrogens with zero attached hydrogens (tertiary/aromatic N) is 2. The average Bonchev–Trinajstić information content (AvgIpc) is 2.64. The highest BCUT2D eigenvalue weighted by Crippen LogP contribution is 2.39. The SMILES string of the molecule is CC.CC1CC(c2cc(Br)ccc2F)N=C(N(SF)C(=O)OC(C)(C)C)S1.CC=O. The number of thioether (sulfide) groups is 1. The zero-order valence-electron chi connectivity index (χ0n) is 18.2. The number of ether oxygens (including phenoxy) is 1. The van der Waals surface area contributed by atoms with Gasteiger partial charge in [-0.05, 0) is 52.3 Å². The summed E-state index contributed by atoms with van der Waals surface area (Å²) in [7, 11) is 0. The summed E-state index contributed by atoms with van der Waals surface area (Å²) in [5.74, 6) is -0.382. The van der Waals surface area contributed by atoms with Crippen molar-refractivity contribution in [3.63, 3.8) is 0 Å². The summed E-state index contributed by atoms with van der Waals surface area (Å²) in [6.07, 6.45) is 0.495. The normalized spacial score (nSPS) is 18.0. The second-order valence-electron chi connectivity index (χ2n) is 6.84. The molecule has 0 saturated heterocycles. The van der Waals surface area contributed by atoms with Gasteiger partial charge in [0.1, 0.15) is 17.7 Å². The van der Waals surface area contributed by atoms with Crippen molar-refractivity contribution in [2.45, 2.75) is 71.8 Å². The zero-order chi connectivity index (χ0) is 23.5. The molecule has 0 radical (unpaired) electrons. The molecule has 0 N–H and O–H groups in total. The zero-order valence-corrected chi connectivity index (χ0v) is 21.5. The number of hydrogen-bond acceptors (Lipinski definition) is 6. The van der Waals surface area contributed by atoms with Crippen LogP contribution >= 0.6 is 40.0 Å². The first-order chi connectivity index (χ1) is 14.0. The third kappa shape index (κ3) is 9.78. The maximum absolute atomic E-state index is 14.2. The predicted octanol–water partition coefficient (Wildman–Crippen LogP) is 7.51. The summed E-state index contributed by atoms with van der Waals surface area (Å²) in [5, 5.41) is 0.206. The number of benzene rings is 1. The Morgan fingerprint density at radius 3 is 2.47 bits per heavy atom. The van der Waals surface area contributed by atoms with Gasteiger partial charge in [-0.1, -0.05) is 48.5 Å². The van der Waals surface area contributed by atoms with E-state index in [1.165, 1.54) is 24.8 Å². The van der Waals surface area contributed by atoms with Crippen LogP contribution in [-0.2, 0) is 9.53 Å². The van der Waals surface area contributed by atoms with E-state index in [4.69, 9.17) is 9.53 Å². The summed E-state index contributed by atoms with van der Waals surface area (Å²) >= 11 is 4.32. The Morgan fingerprint density at radius 1 is 1.40 bits per heavy atom. The number of halogens is 3. The van der Waals surface area contributed by atoms with Gasteiger partial charge in [0.2, 0.25) is 0 Å². The van der Waals surface area contributed by atoms with Gasteiger partial charge in [0.15, 0.2) is 17.5 Å². The summed E-state index contributed by atoms with van der Waals surface area (Å²) in [6, 6.07) is 4.12. The Bertz CT molecular complexity index is 730. The Morgan fingerprint density at radius 2 is 1.97 bits per heavy atom. The van der Waals surface area contributed by atoms with E-state index >= 15 is 0 Å². The van der Waals surface area contributed by atoms with Crippen LogP contribution < -0.4 is 0 Å². The van der Waals surface area contributed by atoms with Crippen molar-refractivity contribution >= 4 is 57.6 Å². The fraction of sp³-hybridized carbons (Fsp3) is 0.550. The number of aliphatic imine (C=N–C) groups is 1. The minimum absolute atomic E-state index is 0.0352. The van der Waals surface area contributed by atoms with Crippen LogP contribution in [0.3, 0.4) is 0 Å². The van der Waals surface area contributed by atoms with Gasteiger partial charge in [-0.15, -0.1) is 3.89 Å². The molecule has 1 aliphatic rings. The first-order valence-corrected chi connectivity index (χ1v) is 11.8. The van der Waals surface area contributed by atoms with E-state index in [1.807, 2.05) is 20.8 Å². The van der Waals surface area contributed by atoms with Crippen molar-refractivity contribution < 1.29 is 22.6 Å². The summed E-state index contributed by atoms with van der Waals surface area (Å²) in [5.41, 5.74) is -0.348. The molecule has 2 atom stereocenters. The highest BCUT2D eigenvalue weighted by Gasteiger charge is 2.33. The fourth-order valence-corrected chi connectivity index (χ4v) is 4.05. The van der Waals surface area contributed by atoms with Crippen molar-refractivity contribution in [2.75, 3.05) is 0 Å². The van der Waals surface area contributed by atoms with Gasteiger partial charge in [-0.25, -0.2) is 9.18 Å². The highest BCUT2D eigenvalue weighted by molar-refractivity contribution is 9.10. The standard InChI is InChI=1S/C16H19BrF2N2O2S2.C2H4O.C2H6/c1-9-7-13(11-8-10(17)5-6-12(11)18)20-14(24-9)21(25-19)15(22)23-16(2,3)4;1-2-3;1-2/h5-6,8-9,13H,7H2,1-4H3;2H,1H3;1-2H3. The highest BCUT2D eigenvalue weighted by atomic mass is 79.9. The molecule has 2 unspecified atom stereocenters. The molecule has 5 nitrogen and oxygen atoms in total. The number of amides is 1. The van der Waals surface area contributed by atoms with Gasteiger partial charge < -0.3 is 9.53 Å². The maximum atomic E-state index is 14.2. The largest absolute Gasteiger partial charge is 0.443 e. The minimum Gasteiger partial charge on any atom is -0.443 e. The number of hydrogen-bond donors (Lipinski definition) is 0. The van der Waals surface area contributed by atoms with E-state index < -0.39 is 17.7 Å².